The molecular weight excluding hydrogens is 324 g/mol. The molecule has 2 amide bonds. The lowest BCUT2D eigenvalue weighted by molar-refractivity contribution is -0.117. The summed E-state index contributed by atoms with van der Waals surface area (Å²) >= 11 is 0. The molecule has 0 aromatic carbocycles. The number of hydrogen-bond donors (Lipinski definition) is 1. The number of rotatable bonds is 2. The molecule has 1 aromatic heterocycles. The lowest BCUT2D eigenvalue weighted by Crippen LogP contribution is -2.47. The first kappa shape index (κ1) is 17.7. The summed E-state index contributed by atoms with van der Waals surface area (Å²) in [4.78, 5) is 28.1. The highest BCUT2D eigenvalue weighted by molar-refractivity contribution is 5.96. The van der Waals surface area contributed by atoms with Crippen LogP contribution in [0.3, 0.4) is 0 Å². The first-order chi connectivity index (χ1) is 11.7. The van der Waals surface area contributed by atoms with Gasteiger partial charge in [-0.05, 0) is 27.7 Å². The molecule has 2 aliphatic rings. The summed E-state index contributed by atoms with van der Waals surface area (Å²) < 4.78 is 7.35. The number of aromatic nitrogens is 2. The lowest BCUT2D eigenvalue weighted by Gasteiger charge is -2.36. The van der Waals surface area contributed by atoms with Crippen LogP contribution in [0.5, 0.6) is 0 Å². The van der Waals surface area contributed by atoms with Crippen LogP contribution in [0.25, 0.3) is 0 Å². The molecule has 138 valence electrons. The van der Waals surface area contributed by atoms with Crippen molar-refractivity contribution >= 4 is 17.7 Å². The van der Waals surface area contributed by atoms with Crippen molar-refractivity contribution in [1.29, 1.82) is 0 Å². The molecule has 1 fully saturated rings. The number of ether oxygens (including phenoxy) is 1. The van der Waals surface area contributed by atoms with Gasteiger partial charge >= 0.3 is 6.09 Å². The van der Waals surface area contributed by atoms with Crippen LogP contribution in [0.15, 0.2) is 6.20 Å². The highest BCUT2D eigenvalue weighted by Crippen LogP contribution is 2.32. The molecule has 1 aromatic rings. The van der Waals surface area contributed by atoms with Crippen LogP contribution in [0.1, 0.15) is 39.8 Å². The Morgan fingerprint density at radius 3 is 2.72 bits per heavy atom. The third kappa shape index (κ3) is 3.49. The molecule has 8 nitrogen and oxygen atoms in total. The Hall–Kier alpha value is -2.09. The number of carbonyl (C=O) groups excluding carboxylic acids is 2. The summed E-state index contributed by atoms with van der Waals surface area (Å²) in [6.07, 6.45) is 1.66. The average molecular weight is 350 g/mol. The highest BCUT2D eigenvalue weighted by atomic mass is 16.6. The molecule has 0 bridgehead atoms. The van der Waals surface area contributed by atoms with Crippen LogP contribution in [0.4, 0.5) is 10.5 Å². The Morgan fingerprint density at radius 2 is 2.12 bits per heavy atom. The summed E-state index contributed by atoms with van der Waals surface area (Å²) in [5, 5.41) is 13.7. The van der Waals surface area contributed by atoms with Gasteiger partial charge in [-0.15, -0.1) is 0 Å². The van der Waals surface area contributed by atoms with Gasteiger partial charge in [-0.1, -0.05) is 0 Å². The zero-order chi connectivity index (χ0) is 18.4. The van der Waals surface area contributed by atoms with Gasteiger partial charge in [0.1, 0.15) is 5.60 Å². The predicted molar refractivity (Wildman–Crippen MR) is 91.0 cm³/mol. The van der Waals surface area contributed by atoms with E-state index in [9.17, 15) is 14.7 Å². The Balaban J connectivity index is 1.83. The van der Waals surface area contributed by atoms with Crippen LogP contribution in [0.2, 0.25) is 0 Å². The fraction of sp³-hybridized carbons (Fsp3) is 0.706. The third-order valence-corrected chi connectivity index (χ3v) is 4.60. The molecule has 0 radical (unpaired) electrons. The van der Waals surface area contributed by atoms with Gasteiger partial charge in [0.25, 0.3) is 0 Å². The number of aliphatic hydroxyl groups excluding tert-OH is 1. The van der Waals surface area contributed by atoms with E-state index >= 15 is 0 Å². The topological polar surface area (TPSA) is 87.9 Å². The first-order valence-corrected chi connectivity index (χ1v) is 8.65. The number of amides is 2. The quantitative estimate of drug-likeness (QED) is 0.870. The van der Waals surface area contributed by atoms with Crippen molar-refractivity contribution in [3.05, 3.63) is 11.9 Å². The molecule has 2 aliphatic heterocycles. The van der Waals surface area contributed by atoms with E-state index in [-0.39, 0.29) is 30.6 Å². The van der Waals surface area contributed by atoms with Gasteiger partial charge in [0, 0.05) is 25.5 Å². The SMILES string of the molecule is CC1Cn2ncc(N3CC(CO)CC3=O)c2CN1C(=O)OC(C)(C)C. The predicted octanol–water partition coefficient (Wildman–Crippen LogP) is 1.37. The summed E-state index contributed by atoms with van der Waals surface area (Å²) in [6, 6.07) is -0.0467. The van der Waals surface area contributed by atoms with Crippen molar-refractivity contribution in [3.63, 3.8) is 0 Å². The van der Waals surface area contributed by atoms with E-state index in [1.807, 2.05) is 32.4 Å². The molecule has 25 heavy (non-hydrogen) atoms. The van der Waals surface area contributed by atoms with Gasteiger partial charge in [0.05, 0.1) is 36.7 Å². The normalized spacial score (nSPS) is 23.8. The van der Waals surface area contributed by atoms with E-state index in [2.05, 4.69) is 5.10 Å². The van der Waals surface area contributed by atoms with Crippen molar-refractivity contribution in [2.75, 3.05) is 18.1 Å². The molecule has 0 saturated carbocycles. The second-order valence-electron chi connectivity index (χ2n) is 7.87. The summed E-state index contributed by atoms with van der Waals surface area (Å²) in [6.45, 7) is 8.85. The van der Waals surface area contributed by atoms with Crippen LogP contribution >= 0.6 is 0 Å². The maximum absolute atomic E-state index is 12.5. The van der Waals surface area contributed by atoms with Crippen molar-refractivity contribution in [2.24, 2.45) is 5.92 Å². The van der Waals surface area contributed by atoms with Gasteiger partial charge in [0.2, 0.25) is 5.91 Å². The maximum Gasteiger partial charge on any atom is 0.410 e. The Kier molecular flexibility index (Phi) is 4.49. The molecule has 2 atom stereocenters. The highest BCUT2D eigenvalue weighted by Gasteiger charge is 2.37. The number of hydrogen-bond acceptors (Lipinski definition) is 5. The van der Waals surface area contributed by atoms with Gasteiger partial charge < -0.3 is 14.7 Å². The molecule has 3 heterocycles. The molecular formula is C17H26N4O4. The van der Waals surface area contributed by atoms with Crippen LogP contribution in [0, 0.1) is 5.92 Å². The van der Waals surface area contributed by atoms with Crippen molar-refractivity contribution < 1.29 is 19.4 Å². The zero-order valence-electron chi connectivity index (χ0n) is 15.2. The number of nitrogens with zero attached hydrogens (tertiary/aromatic N) is 4. The smallest absolute Gasteiger partial charge is 0.410 e. The minimum absolute atomic E-state index is 0.00716. The minimum Gasteiger partial charge on any atom is -0.444 e. The van der Waals surface area contributed by atoms with Crippen molar-refractivity contribution in [2.45, 2.75) is 58.8 Å². The Morgan fingerprint density at radius 1 is 1.40 bits per heavy atom. The van der Waals surface area contributed by atoms with E-state index in [0.717, 1.165) is 11.4 Å². The molecule has 8 heteroatoms. The lowest BCUT2D eigenvalue weighted by atomic mass is 10.1. The maximum atomic E-state index is 12.5. The van der Waals surface area contributed by atoms with E-state index in [1.54, 1.807) is 16.0 Å². The van der Waals surface area contributed by atoms with Gasteiger partial charge in [0.15, 0.2) is 0 Å². The van der Waals surface area contributed by atoms with E-state index in [0.29, 0.717) is 26.1 Å². The van der Waals surface area contributed by atoms with Crippen LogP contribution in [-0.2, 0) is 22.6 Å². The third-order valence-electron chi connectivity index (χ3n) is 4.60. The van der Waals surface area contributed by atoms with Crippen molar-refractivity contribution in [3.8, 4) is 0 Å². The Bertz CT molecular complexity index is 679. The van der Waals surface area contributed by atoms with Gasteiger partial charge in [-0.25, -0.2) is 4.79 Å². The van der Waals surface area contributed by atoms with Crippen molar-refractivity contribution in [1.82, 2.24) is 14.7 Å². The molecule has 3 rings (SSSR count). The summed E-state index contributed by atoms with van der Waals surface area (Å²) in [5.74, 6) is -0.0650. The summed E-state index contributed by atoms with van der Waals surface area (Å²) in [5.41, 5.74) is 0.994. The number of anilines is 1. The van der Waals surface area contributed by atoms with Gasteiger partial charge in [-0.2, -0.15) is 5.10 Å². The van der Waals surface area contributed by atoms with Crippen LogP contribution in [-0.4, -0.2) is 56.6 Å². The van der Waals surface area contributed by atoms with E-state index in [1.165, 1.54) is 0 Å². The zero-order valence-corrected chi connectivity index (χ0v) is 15.2. The molecule has 0 spiro atoms. The first-order valence-electron chi connectivity index (χ1n) is 8.65. The number of fused-ring (bicyclic) bond motifs is 1. The average Bonchev–Trinajstić information content (AvgIpc) is 3.07. The standard InChI is InChI=1S/C17H26N4O4/c1-11-7-21-14(9-19(11)16(24)25-17(2,3)4)13(6-18-21)20-8-12(10-22)5-15(20)23/h6,11-12,22H,5,7-10H2,1-4H3. The monoisotopic (exact) mass is 350 g/mol. The number of aliphatic hydroxyl groups is 1. The minimum atomic E-state index is -0.559. The fourth-order valence-corrected chi connectivity index (χ4v) is 3.31. The number of carbonyl (C=O) groups is 2. The largest absolute Gasteiger partial charge is 0.444 e. The fourth-order valence-electron chi connectivity index (χ4n) is 3.31. The van der Waals surface area contributed by atoms with Crippen LogP contribution < -0.4 is 4.90 Å². The van der Waals surface area contributed by atoms with E-state index < -0.39 is 5.60 Å². The molecule has 2 unspecified atom stereocenters. The second kappa shape index (κ2) is 6.33. The summed E-state index contributed by atoms with van der Waals surface area (Å²) in [7, 11) is 0. The molecule has 1 N–H and O–H groups in total. The Labute approximate surface area is 147 Å². The molecule has 0 aliphatic carbocycles. The van der Waals surface area contributed by atoms with E-state index in [4.69, 9.17) is 4.74 Å². The van der Waals surface area contributed by atoms with Gasteiger partial charge in [-0.3, -0.25) is 14.4 Å². The second-order valence-corrected chi connectivity index (χ2v) is 7.87. The molecule has 1 saturated heterocycles.